The fourth-order valence-corrected chi connectivity index (χ4v) is 7.59. The minimum Gasteiger partial charge on any atom is -0.340 e. The van der Waals surface area contributed by atoms with Crippen LogP contribution in [0.1, 0.15) is 57.8 Å². The highest BCUT2D eigenvalue weighted by molar-refractivity contribution is 9.10. The highest BCUT2D eigenvalue weighted by Crippen LogP contribution is 2.47. The van der Waals surface area contributed by atoms with E-state index in [-0.39, 0.29) is 35.5 Å². The molecule has 3 aromatic rings. The number of hydrogen-bond acceptors (Lipinski definition) is 6. The molecular formula is C33H38BrFN6O3. The Labute approximate surface area is 265 Å². The number of carbonyl (C=O) groups excluding carboxylic acids is 3. The van der Waals surface area contributed by atoms with Gasteiger partial charge in [-0.1, -0.05) is 36.4 Å². The van der Waals surface area contributed by atoms with E-state index in [1.807, 2.05) is 43.1 Å². The lowest BCUT2D eigenvalue weighted by molar-refractivity contribution is -0.146. The number of rotatable bonds is 6. The quantitative estimate of drug-likeness (QED) is 0.344. The number of para-hydroxylation sites is 1. The molecule has 1 aliphatic carbocycles. The van der Waals surface area contributed by atoms with Gasteiger partial charge in [-0.3, -0.25) is 24.2 Å². The van der Waals surface area contributed by atoms with Crippen LogP contribution in [0.25, 0.3) is 0 Å². The van der Waals surface area contributed by atoms with E-state index in [9.17, 15) is 18.8 Å². The number of anilines is 1. The van der Waals surface area contributed by atoms with Crippen molar-refractivity contribution < 1.29 is 18.8 Å². The second-order valence-corrected chi connectivity index (χ2v) is 13.7. The van der Waals surface area contributed by atoms with Gasteiger partial charge in [0, 0.05) is 26.2 Å². The minimum absolute atomic E-state index is 0.0226. The average molecular weight is 666 g/mol. The maximum absolute atomic E-state index is 14.0. The number of hydrogen-bond donors (Lipinski definition) is 0. The van der Waals surface area contributed by atoms with Crippen LogP contribution < -0.4 is 4.90 Å². The Bertz CT molecular complexity index is 1570. The van der Waals surface area contributed by atoms with E-state index in [4.69, 9.17) is 0 Å². The number of nitrogens with zero attached hydrogens (tertiary/aromatic N) is 6. The fourth-order valence-electron chi connectivity index (χ4n) is 7.20. The maximum Gasteiger partial charge on any atom is 0.238 e. The second-order valence-electron chi connectivity index (χ2n) is 12.9. The molecule has 0 radical (unpaired) electrons. The summed E-state index contributed by atoms with van der Waals surface area (Å²) in [4.78, 5) is 46.6. The average Bonchev–Trinajstić information content (AvgIpc) is 3.63. The Morgan fingerprint density at radius 3 is 2.36 bits per heavy atom. The zero-order valence-electron chi connectivity index (χ0n) is 25.5. The molecule has 11 heteroatoms. The standard InChI is InChI=1S/C33H38BrFN6O3/c1-20-10-12-24(29-28(20)31(43)41(32(29)44)23-8-6-5-7-9-23)30(42)38-14-16-39(17-15-38)33(3,4)27-19-40(37-36-27)21(2)22-11-13-26(35)25(34)18-22/h5-9,11,13,18-21,24,28-29H,10,12,14-17H2,1-4H3/t20?,21-,24?,28?,29?/m1/s1. The molecule has 2 saturated heterocycles. The maximum atomic E-state index is 14.0. The first-order chi connectivity index (χ1) is 21.0. The molecule has 0 spiro atoms. The lowest BCUT2D eigenvalue weighted by Crippen LogP contribution is -2.56. The number of benzene rings is 2. The van der Waals surface area contributed by atoms with Crippen molar-refractivity contribution in [3.05, 3.63) is 76.3 Å². The summed E-state index contributed by atoms with van der Waals surface area (Å²) in [5.41, 5.74) is 1.85. The van der Waals surface area contributed by atoms with Crippen molar-refractivity contribution in [3.63, 3.8) is 0 Å². The molecule has 3 aliphatic rings. The molecular weight excluding hydrogens is 627 g/mol. The zero-order valence-corrected chi connectivity index (χ0v) is 27.1. The van der Waals surface area contributed by atoms with E-state index in [1.165, 1.54) is 11.0 Å². The first-order valence-corrected chi connectivity index (χ1v) is 16.1. The van der Waals surface area contributed by atoms with Crippen molar-refractivity contribution >= 4 is 39.3 Å². The van der Waals surface area contributed by atoms with Gasteiger partial charge in [-0.15, -0.1) is 5.10 Å². The predicted molar refractivity (Wildman–Crippen MR) is 167 cm³/mol. The number of carbonyl (C=O) groups is 3. The summed E-state index contributed by atoms with van der Waals surface area (Å²) in [6, 6.07) is 13.8. The highest BCUT2D eigenvalue weighted by Gasteiger charge is 2.57. The van der Waals surface area contributed by atoms with Crippen molar-refractivity contribution in [2.45, 2.75) is 52.1 Å². The smallest absolute Gasteiger partial charge is 0.238 e. The van der Waals surface area contributed by atoms with Crippen molar-refractivity contribution in [3.8, 4) is 0 Å². The third-order valence-electron chi connectivity index (χ3n) is 10.1. The van der Waals surface area contributed by atoms with Crippen LogP contribution in [0.3, 0.4) is 0 Å². The van der Waals surface area contributed by atoms with Crippen LogP contribution in [-0.4, -0.2) is 68.7 Å². The fraction of sp³-hybridized carbons (Fsp3) is 0.485. The molecule has 4 unspecified atom stereocenters. The molecule has 6 rings (SSSR count). The first kappa shape index (κ1) is 30.6. The van der Waals surface area contributed by atoms with Crippen LogP contribution >= 0.6 is 15.9 Å². The van der Waals surface area contributed by atoms with Gasteiger partial charge < -0.3 is 4.90 Å². The second kappa shape index (κ2) is 11.8. The molecule has 5 atom stereocenters. The molecule has 3 amide bonds. The Kier molecular flexibility index (Phi) is 8.21. The molecule has 0 bridgehead atoms. The first-order valence-electron chi connectivity index (χ1n) is 15.3. The van der Waals surface area contributed by atoms with E-state index >= 15 is 0 Å². The summed E-state index contributed by atoms with van der Waals surface area (Å²) in [5.74, 6) is -2.29. The normalized spacial score (nSPS) is 25.3. The van der Waals surface area contributed by atoms with Crippen LogP contribution in [0.2, 0.25) is 0 Å². The SMILES string of the molecule is CC1CCC(C(=O)N2CCN(C(C)(C)c3cn([C@H](C)c4ccc(F)c(Br)c4)nn3)CC2)C2C(=O)N(c3ccccc3)C(=O)C12. The Hall–Kier alpha value is -3.44. The zero-order chi connectivity index (χ0) is 31.3. The summed E-state index contributed by atoms with van der Waals surface area (Å²) >= 11 is 3.26. The van der Waals surface area contributed by atoms with Crippen LogP contribution in [0.5, 0.6) is 0 Å². The van der Waals surface area contributed by atoms with Crippen LogP contribution in [0.4, 0.5) is 10.1 Å². The molecule has 2 aromatic carbocycles. The Morgan fingerprint density at radius 1 is 1.00 bits per heavy atom. The van der Waals surface area contributed by atoms with Crippen LogP contribution in [0.15, 0.2) is 59.2 Å². The van der Waals surface area contributed by atoms with Gasteiger partial charge in [0.15, 0.2) is 0 Å². The molecule has 2 aliphatic heterocycles. The van der Waals surface area contributed by atoms with Crippen molar-refractivity contribution in [1.82, 2.24) is 24.8 Å². The summed E-state index contributed by atoms with van der Waals surface area (Å²) in [6.07, 6.45) is 3.29. The Morgan fingerprint density at radius 2 is 1.68 bits per heavy atom. The predicted octanol–water partition coefficient (Wildman–Crippen LogP) is 5.02. The van der Waals surface area contributed by atoms with Gasteiger partial charge in [-0.25, -0.2) is 9.07 Å². The van der Waals surface area contributed by atoms with Gasteiger partial charge in [-0.05, 0) is 85.3 Å². The van der Waals surface area contributed by atoms with Gasteiger partial charge in [0.2, 0.25) is 17.7 Å². The molecule has 44 heavy (non-hydrogen) atoms. The Balaban J connectivity index is 1.13. The number of fused-ring (bicyclic) bond motifs is 1. The number of piperazine rings is 1. The van der Waals surface area contributed by atoms with Gasteiger partial charge in [0.05, 0.1) is 45.7 Å². The number of aromatic nitrogens is 3. The molecule has 3 heterocycles. The van der Waals surface area contributed by atoms with Crippen LogP contribution in [-0.2, 0) is 19.9 Å². The van der Waals surface area contributed by atoms with E-state index in [0.717, 1.165) is 17.7 Å². The monoisotopic (exact) mass is 664 g/mol. The third-order valence-corrected chi connectivity index (χ3v) is 10.7. The summed E-state index contributed by atoms with van der Waals surface area (Å²) < 4.78 is 16.0. The summed E-state index contributed by atoms with van der Waals surface area (Å²) in [5, 5.41) is 8.89. The number of halogens is 2. The lowest BCUT2D eigenvalue weighted by Gasteiger charge is -2.44. The van der Waals surface area contributed by atoms with Gasteiger partial charge in [-0.2, -0.15) is 0 Å². The van der Waals surface area contributed by atoms with Crippen molar-refractivity contribution in [2.24, 2.45) is 23.7 Å². The molecule has 1 aromatic heterocycles. The summed E-state index contributed by atoms with van der Waals surface area (Å²) in [6.45, 7) is 10.6. The molecule has 0 N–H and O–H groups in total. The van der Waals surface area contributed by atoms with E-state index < -0.39 is 23.3 Å². The van der Waals surface area contributed by atoms with Crippen molar-refractivity contribution in [1.29, 1.82) is 0 Å². The van der Waals surface area contributed by atoms with E-state index in [2.05, 4.69) is 45.0 Å². The van der Waals surface area contributed by atoms with Gasteiger partial charge >= 0.3 is 0 Å². The van der Waals surface area contributed by atoms with Gasteiger partial charge in [0.1, 0.15) is 11.5 Å². The third kappa shape index (κ3) is 5.27. The van der Waals surface area contributed by atoms with Gasteiger partial charge in [0.25, 0.3) is 0 Å². The molecule has 9 nitrogen and oxygen atoms in total. The number of amides is 3. The minimum atomic E-state index is -0.618. The van der Waals surface area contributed by atoms with Crippen molar-refractivity contribution in [2.75, 3.05) is 31.1 Å². The van der Waals surface area contributed by atoms with E-state index in [0.29, 0.717) is 42.8 Å². The summed E-state index contributed by atoms with van der Waals surface area (Å²) in [7, 11) is 0. The highest BCUT2D eigenvalue weighted by atomic mass is 79.9. The lowest BCUT2D eigenvalue weighted by atomic mass is 9.67. The van der Waals surface area contributed by atoms with E-state index in [1.54, 1.807) is 28.9 Å². The topological polar surface area (TPSA) is 91.6 Å². The molecule has 232 valence electrons. The molecule has 3 fully saturated rings. The largest absolute Gasteiger partial charge is 0.340 e. The van der Waals surface area contributed by atoms with Crippen LogP contribution in [0, 0.1) is 29.5 Å². The molecule has 1 saturated carbocycles. The number of imide groups is 1.